The predicted molar refractivity (Wildman–Crippen MR) is 204 cm³/mol. The van der Waals surface area contributed by atoms with Gasteiger partial charge in [-0.3, -0.25) is 4.79 Å². The highest BCUT2D eigenvalue weighted by Crippen LogP contribution is 2.31. The summed E-state index contributed by atoms with van der Waals surface area (Å²) in [6, 6.07) is 5.96. The van der Waals surface area contributed by atoms with Crippen LogP contribution in [0.1, 0.15) is 54.3 Å². The zero-order valence-electron chi connectivity index (χ0n) is 28.7. The van der Waals surface area contributed by atoms with Gasteiger partial charge in [-0.15, -0.1) is 34.0 Å². The highest BCUT2D eigenvalue weighted by molar-refractivity contribution is 8.93. The van der Waals surface area contributed by atoms with E-state index in [4.69, 9.17) is 31.4 Å². The van der Waals surface area contributed by atoms with Gasteiger partial charge in [-0.2, -0.15) is 0 Å². The number of fused-ring (bicyclic) bond motifs is 2. The molecule has 4 aromatic rings. The molecule has 17 heteroatoms. The van der Waals surface area contributed by atoms with Crippen molar-refractivity contribution in [2.45, 2.75) is 52.3 Å². The monoisotopic (exact) mass is 832 g/mol. The van der Waals surface area contributed by atoms with Crippen molar-refractivity contribution < 1.29 is 33.7 Å². The van der Waals surface area contributed by atoms with Crippen LogP contribution in [0.2, 0.25) is 0 Å². The highest BCUT2D eigenvalue weighted by Gasteiger charge is 2.29. The van der Waals surface area contributed by atoms with Gasteiger partial charge >= 0.3 is 12.1 Å². The number of anilines is 2. The Morgan fingerprint density at radius 1 is 0.941 bits per heavy atom. The SMILES string of the molecule is Br.Br.COc1cc(C(=O)O)cc2nc(N)n(CC=CCn3c(N)nc4cc(C(N)=O)cc(OCC#CCC5CCN(C(=O)OC(C)(C)C)C5)c43)c12. The van der Waals surface area contributed by atoms with E-state index in [0.717, 1.165) is 6.42 Å². The molecule has 274 valence electrons. The summed E-state index contributed by atoms with van der Waals surface area (Å²) in [5.41, 5.74) is 19.7. The van der Waals surface area contributed by atoms with E-state index in [9.17, 15) is 19.5 Å². The zero-order valence-corrected chi connectivity index (χ0v) is 32.1. The van der Waals surface area contributed by atoms with Gasteiger partial charge in [-0.25, -0.2) is 19.6 Å². The molecule has 51 heavy (non-hydrogen) atoms. The molecule has 0 saturated carbocycles. The average Bonchev–Trinajstić information content (AvgIpc) is 3.72. The molecule has 1 saturated heterocycles. The first kappa shape index (κ1) is 40.5. The summed E-state index contributed by atoms with van der Waals surface area (Å²) in [5.74, 6) is 5.73. The number of methoxy groups -OCH3 is 1. The lowest BCUT2D eigenvalue weighted by Crippen LogP contribution is -2.35. The van der Waals surface area contributed by atoms with Crippen molar-refractivity contribution in [2.75, 3.05) is 38.3 Å². The summed E-state index contributed by atoms with van der Waals surface area (Å²) in [6.45, 7) is 7.38. The van der Waals surface area contributed by atoms with E-state index in [0.29, 0.717) is 66.2 Å². The number of likely N-dealkylation sites (tertiary alicyclic amines) is 1. The molecular weight excluding hydrogens is 792 g/mol. The number of nitrogens with zero attached hydrogens (tertiary/aromatic N) is 5. The number of ether oxygens (including phenoxy) is 3. The first-order chi connectivity index (χ1) is 23.3. The molecule has 5 rings (SSSR count). The minimum absolute atomic E-state index is 0. The smallest absolute Gasteiger partial charge is 0.410 e. The maximum atomic E-state index is 12.4. The number of allylic oxidation sites excluding steroid dienone is 2. The van der Waals surface area contributed by atoms with Crippen LogP contribution in [0.3, 0.4) is 0 Å². The number of carbonyl (C=O) groups excluding carboxylic acids is 2. The van der Waals surface area contributed by atoms with Crippen LogP contribution in [-0.2, 0) is 17.8 Å². The van der Waals surface area contributed by atoms with Crippen molar-refractivity contribution in [3.8, 4) is 23.3 Å². The number of amides is 2. The minimum atomic E-state index is -1.10. The number of hydrogen-bond acceptors (Lipinski definition) is 10. The van der Waals surface area contributed by atoms with Crippen LogP contribution in [0.5, 0.6) is 11.5 Å². The fourth-order valence-electron chi connectivity index (χ4n) is 5.63. The lowest BCUT2D eigenvalue weighted by molar-refractivity contribution is 0.0288. The highest BCUT2D eigenvalue weighted by atomic mass is 79.9. The number of carbonyl (C=O) groups is 3. The molecule has 3 heterocycles. The van der Waals surface area contributed by atoms with Crippen molar-refractivity contribution in [2.24, 2.45) is 11.7 Å². The molecule has 15 nitrogen and oxygen atoms in total. The number of primary amides is 1. The summed E-state index contributed by atoms with van der Waals surface area (Å²) in [4.78, 5) is 46.4. The standard InChI is InChI=1S/C34H40N8O7.2BrH/c1-34(2,3)49-33(46)40-13-10-20(19-40)9-5-8-14-48-26-17-21(29(35)43)15-23-28(26)42(32(37)38-23)12-7-6-11-41-27-24(39-31(41)36)16-22(30(44)45)18-25(27)47-4;;/h6-7,15-18,20H,9-14,19H2,1-4H3,(H2,35,43)(H2,36,39)(H2,37,38)(H,44,45);2*1H. The van der Waals surface area contributed by atoms with E-state index in [2.05, 4.69) is 21.8 Å². The number of nitrogens with two attached hydrogens (primary N) is 3. The van der Waals surface area contributed by atoms with Gasteiger partial charge in [-0.1, -0.05) is 24.0 Å². The third-order valence-electron chi connectivity index (χ3n) is 7.92. The van der Waals surface area contributed by atoms with Crippen LogP contribution in [0.15, 0.2) is 36.4 Å². The molecule has 1 fully saturated rings. The number of carboxylic acid groups (broad SMARTS) is 1. The molecule has 1 unspecified atom stereocenters. The van der Waals surface area contributed by atoms with E-state index in [-0.39, 0.29) is 75.6 Å². The second-order valence-corrected chi connectivity index (χ2v) is 12.6. The second kappa shape index (κ2) is 16.8. The summed E-state index contributed by atoms with van der Waals surface area (Å²) in [6.07, 6.45) is 4.83. The number of benzene rings is 2. The molecule has 1 aliphatic heterocycles. The van der Waals surface area contributed by atoms with Crippen molar-refractivity contribution in [3.63, 3.8) is 0 Å². The van der Waals surface area contributed by atoms with Crippen molar-refractivity contribution in [1.29, 1.82) is 0 Å². The molecule has 0 spiro atoms. The van der Waals surface area contributed by atoms with Gasteiger partial charge in [0.05, 0.1) is 23.7 Å². The molecule has 7 N–H and O–H groups in total. The molecular formula is C34H42Br2N8O7. The Morgan fingerprint density at radius 2 is 1.51 bits per heavy atom. The first-order valence-electron chi connectivity index (χ1n) is 15.6. The fourth-order valence-corrected chi connectivity index (χ4v) is 5.63. The maximum Gasteiger partial charge on any atom is 0.410 e. The van der Waals surface area contributed by atoms with E-state index in [1.165, 1.54) is 19.2 Å². The van der Waals surface area contributed by atoms with Gasteiger partial charge in [-0.05, 0) is 57.4 Å². The number of rotatable bonds is 10. The summed E-state index contributed by atoms with van der Waals surface area (Å²) >= 11 is 0. The van der Waals surface area contributed by atoms with E-state index < -0.39 is 17.5 Å². The Hall–Kier alpha value is -4.95. The predicted octanol–water partition coefficient (Wildman–Crippen LogP) is 4.80. The van der Waals surface area contributed by atoms with E-state index in [1.54, 1.807) is 26.2 Å². The largest absolute Gasteiger partial charge is 0.494 e. The number of hydrogen-bond donors (Lipinski definition) is 4. The Labute approximate surface area is 315 Å². The second-order valence-electron chi connectivity index (χ2n) is 12.6. The number of aromatic nitrogens is 4. The third-order valence-corrected chi connectivity index (χ3v) is 7.92. The van der Waals surface area contributed by atoms with Gasteiger partial charge < -0.3 is 50.6 Å². The molecule has 0 aliphatic carbocycles. The van der Waals surface area contributed by atoms with Gasteiger partial charge in [0.1, 0.15) is 34.7 Å². The maximum absolute atomic E-state index is 12.4. The van der Waals surface area contributed by atoms with Crippen LogP contribution in [0.4, 0.5) is 16.7 Å². The van der Waals surface area contributed by atoms with Crippen molar-refractivity contribution in [3.05, 3.63) is 47.5 Å². The molecule has 2 aromatic carbocycles. The summed E-state index contributed by atoms with van der Waals surface area (Å²) < 4.78 is 20.4. The molecule has 1 aliphatic rings. The topological polar surface area (TPSA) is 216 Å². The number of aromatic carboxylic acids is 1. The molecule has 0 bridgehead atoms. The normalized spacial score (nSPS) is 14.1. The van der Waals surface area contributed by atoms with Crippen LogP contribution in [-0.4, -0.2) is 79.5 Å². The number of nitrogen functional groups attached to an aromatic ring is 2. The minimum Gasteiger partial charge on any atom is -0.494 e. The Kier molecular flexibility index (Phi) is 13.4. The van der Waals surface area contributed by atoms with Crippen LogP contribution in [0.25, 0.3) is 22.1 Å². The zero-order chi connectivity index (χ0) is 35.5. The van der Waals surface area contributed by atoms with Gasteiger partial charge in [0.15, 0.2) is 0 Å². The lowest BCUT2D eigenvalue weighted by atomic mass is 10.1. The third kappa shape index (κ3) is 9.44. The molecule has 0 radical (unpaired) electrons. The average molecular weight is 835 g/mol. The lowest BCUT2D eigenvalue weighted by Gasteiger charge is -2.24. The molecule has 2 amide bonds. The van der Waals surface area contributed by atoms with Gasteiger partial charge in [0.25, 0.3) is 0 Å². The summed E-state index contributed by atoms with van der Waals surface area (Å²) in [5, 5.41) is 9.42. The van der Waals surface area contributed by atoms with E-state index in [1.807, 2.05) is 32.9 Å². The number of halogens is 2. The fraction of sp³-hybridized carbons (Fsp3) is 0.382. The number of carboxylic acids is 1. The van der Waals surface area contributed by atoms with Gasteiger partial charge in [0, 0.05) is 38.2 Å². The van der Waals surface area contributed by atoms with Crippen LogP contribution in [0, 0.1) is 17.8 Å². The first-order valence-corrected chi connectivity index (χ1v) is 15.6. The molecule has 2 aromatic heterocycles. The Balaban J connectivity index is 0.00000351. The summed E-state index contributed by atoms with van der Waals surface area (Å²) in [7, 11) is 1.45. The Bertz CT molecular complexity index is 2020. The van der Waals surface area contributed by atoms with Crippen LogP contribution < -0.4 is 26.7 Å². The van der Waals surface area contributed by atoms with Crippen molar-refractivity contribution in [1.82, 2.24) is 24.0 Å². The quantitative estimate of drug-likeness (QED) is 0.126. The van der Waals surface area contributed by atoms with E-state index >= 15 is 0 Å². The van der Waals surface area contributed by atoms with Gasteiger partial charge in [0.2, 0.25) is 17.8 Å². The molecule has 1 atom stereocenters. The van der Waals surface area contributed by atoms with Crippen molar-refractivity contribution >= 4 is 85.9 Å². The number of imidazole rings is 2. The Morgan fingerprint density at radius 3 is 2.06 bits per heavy atom. The van der Waals surface area contributed by atoms with Crippen LogP contribution >= 0.6 is 34.0 Å².